The number of nitrogens with one attached hydrogen (secondary N) is 2. The van der Waals surface area contributed by atoms with E-state index in [1.807, 2.05) is 13.0 Å². The lowest BCUT2D eigenvalue weighted by atomic mass is 9.96. The van der Waals surface area contributed by atoms with E-state index in [-0.39, 0.29) is 12.0 Å². The van der Waals surface area contributed by atoms with Crippen molar-refractivity contribution in [3.05, 3.63) is 29.7 Å². The van der Waals surface area contributed by atoms with Crippen LogP contribution in [0, 0.1) is 11.7 Å². The molecule has 1 unspecified atom stereocenters. The Balaban J connectivity index is 0.000000359. The number of benzene rings is 1. The van der Waals surface area contributed by atoms with Gasteiger partial charge in [-0.3, -0.25) is 0 Å². The second-order valence-corrected chi connectivity index (χ2v) is 8.01. The van der Waals surface area contributed by atoms with E-state index in [9.17, 15) is 4.39 Å². The van der Waals surface area contributed by atoms with Crippen LogP contribution < -0.4 is 10.8 Å². The molecule has 2 fully saturated rings. The average molecular weight is 403 g/mol. The molecule has 0 amide bonds. The molecule has 2 N–H and O–H groups in total. The van der Waals surface area contributed by atoms with Crippen LogP contribution in [0.3, 0.4) is 0 Å². The van der Waals surface area contributed by atoms with Gasteiger partial charge in [-0.1, -0.05) is 19.1 Å². The number of aryl methyl sites for hydroxylation is 1. The quantitative estimate of drug-likeness (QED) is 0.808. The predicted molar refractivity (Wildman–Crippen MR) is 112 cm³/mol. The number of aliphatic imine (C=N–C) groups is 1. The molecule has 0 bridgehead atoms. The monoisotopic (exact) mass is 402 g/mol. The number of hydrogen-bond acceptors (Lipinski definition) is 6. The molecular weight excluding hydrogens is 371 g/mol. The van der Waals surface area contributed by atoms with Crippen molar-refractivity contribution in [3.63, 3.8) is 0 Å². The first kappa shape index (κ1) is 20.3. The number of nitrogens with zero attached hydrogens (tertiary/aromatic N) is 4. The van der Waals surface area contributed by atoms with Crippen molar-refractivity contribution in [2.45, 2.75) is 45.3 Å². The first-order valence-corrected chi connectivity index (χ1v) is 10.7. The topological polar surface area (TPSA) is 66.7 Å². The lowest BCUT2D eigenvalue weighted by molar-refractivity contribution is -0.0162. The van der Waals surface area contributed by atoms with Crippen LogP contribution in [0.1, 0.15) is 38.3 Å². The van der Waals surface area contributed by atoms with Crippen LogP contribution in [-0.2, 0) is 11.3 Å². The van der Waals surface area contributed by atoms with Gasteiger partial charge in [0, 0.05) is 11.3 Å². The first-order valence-electron chi connectivity index (χ1n) is 10.7. The maximum Gasteiger partial charge on any atom is 0.247 e. The van der Waals surface area contributed by atoms with Gasteiger partial charge in [-0.05, 0) is 71.4 Å². The number of piperidine rings is 1. The van der Waals surface area contributed by atoms with Crippen LogP contribution in [0.25, 0.3) is 10.9 Å². The molecule has 0 saturated carbocycles. The summed E-state index contributed by atoms with van der Waals surface area (Å²) in [6.45, 7) is 6.61. The van der Waals surface area contributed by atoms with E-state index in [1.165, 1.54) is 32.0 Å². The number of fused-ring (bicyclic) bond motifs is 1. The normalized spacial score (nSPS) is 23.0. The maximum absolute atomic E-state index is 14.4. The molecule has 158 valence electrons. The summed E-state index contributed by atoms with van der Waals surface area (Å²) in [5.74, 6) is 0.546. The number of likely N-dealkylation sites (tertiary alicyclic amines) is 1. The smallest absolute Gasteiger partial charge is 0.247 e. The highest BCUT2D eigenvalue weighted by molar-refractivity contribution is 5.94. The highest BCUT2D eigenvalue weighted by atomic mass is 19.1. The van der Waals surface area contributed by atoms with Gasteiger partial charge in [0.05, 0.1) is 5.69 Å². The fourth-order valence-corrected chi connectivity index (χ4v) is 4.13. The third kappa shape index (κ3) is 4.44. The van der Waals surface area contributed by atoms with Crippen LogP contribution in [0.15, 0.2) is 23.2 Å². The van der Waals surface area contributed by atoms with E-state index >= 15 is 0 Å². The second-order valence-electron chi connectivity index (χ2n) is 8.01. The summed E-state index contributed by atoms with van der Waals surface area (Å²) in [6, 6.07) is 5.06. The summed E-state index contributed by atoms with van der Waals surface area (Å²) in [4.78, 5) is 12.6. The number of hydrogen-bond donors (Lipinski definition) is 2. The zero-order valence-corrected chi connectivity index (χ0v) is 17.3. The van der Waals surface area contributed by atoms with Gasteiger partial charge < -0.3 is 10.2 Å². The Morgan fingerprint density at radius 1 is 1.21 bits per heavy atom. The minimum atomic E-state index is -0.299. The molecular formula is C21H31FN6O. The van der Waals surface area contributed by atoms with Crippen LogP contribution >= 0.6 is 0 Å². The third-order valence-electron chi connectivity index (χ3n) is 5.91. The molecule has 3 aliphatic rings. The van der Waals surface area contributed by atoms with Crippen molar-refractivity contribution < 1.29 is 9.23 Å². The van der Waals surface area contributed by atoms with E-state index in [1.54, 1.807) is 10.7 Å². The van der Waals surface area contributed by atoms with E-state index in [0.29, 0.717) is 17.4 Å². The Kier molecular flexibility index (Phi) is 6.42. The lowest BCUT2D eigenvalue weighted by Crippen LogP contribution is -2.35. The van der Waals surface area contributed by atoms with Crippen LogP contribution in [0.2, 0.25) is 0 Å². The van der Waals surface area contributed by atoms with Crippen molar-refractivity contribution in [1.82, 2.24) is 25.5 Å². The Morgan fingerprint density at radius 2 is 1.97 bits per heavy atom. The summed E-state index contributed by atoms with van der Waals surface area (Å²) in [6.07, 6.45) is 5.38. The van der Waals surface area contributed by atoms with Gasteiger partial charge >= 0.3 is 0 Å². The van der Waals surface area contributed by atoms with Crippen molar-refractivity contribution in [2.24, 2.45) is 10.9 Å². The lowest BCUT2D eigenvalue weighted by Gasteiger charge is -2.30. The van der Waals surface area contributed by atoms with Crippen LogP contribution in [0.4, 0.5) is 4.39 Å². The third-order valence-corrected chi connectivity index (χ3v) is 5.91. The SMILES string of the molecule is C1CCNC1.CCc1nn(C2=NC(C3CCN(C)CC3)ON2)c2c(F)cccc12. The molecule has 3 aliphatic heterocycles. The van der Waals surface area contributed by atoms with Gasteiger partial charge in [0.15, 0.2) is 6.23 Å². The number of aromatic nitrogens is 2. The zero-order valence-electron chi connectivity index (χ0n) is 17.3. The molecule has 0 aliphatic carbocycles. The number of para-hydroxylation sites is 1. The van der Waals surface area contributed by atoms with Crippen LogP contribution in [0.5, 0.6) is 0 Å². The number of hydroxylamine groups is 1. The summed E-state index contributed by atoms with van der Waals surface area (Å²) in [5.41, 5.74) is 4.17. The van der Waals surface area contributed by atoms with E-state index in [2.05, 4.69) is 32.8 Å². The molecule has 4 heterocycles. The van der Waals surface area contributed by atoms with E-state index in [4.69, 9.17) is 4.84 Å². The molecule has 2 saturated heterocycles. The molecule has 8 heteroatoms. The second kappa shape index (κ2) is 9.19. The molecule has 0 radical (unpaired) electrons. The van der Waals surface area contributed by atoms with Gasteiger partial charge in [-0.2, -0.15) is 9.78 Å². The molecule has 29 heavy (non-hydrogen) atoms. The molecule has 5 rings (SSSR count). The fourth-order valence-electron chi connectivity index (χ4n) is 4.13. The first-order chi connectivity index (χ1) is 14.2. The zero-order chi connectivity index (χ0) is 20.2. The van der Waals surface area contributed by atoms with Gasteiger partial charge in [0.2, 0.25) is 5.96 Å². The van der Waals surface area contributed by atoms with Crippen molar-refractivity contribution in [3.8, 4) is 0 Å². The summed E-state index contributed by atoms with van der Waals surface area (Å²) in [5, 5.41) is 8.58. The summed E-state index contributed by atoms with van der Waals surface area (Å²) >= 11 is 0. The van der Waals surface area contributed by atoms with E-state index < -0.39 is 0 Å². The largest absolute Gasteiger partial charge is 0.317 e. The highest BCUT2D eigenvalue weighted by Crippen LogP contribution is 2.26. The summed E-state index contributed by atoms with van der Waals surface area (Å²) < 4.78 is 15.9. The van der Waals surface area contributed by atoms with Gasteiger partial charge in [0.25, 0.3) is 0 Å². The van der Waals surface area contributed by atoms with Crippen molar-refractivity contribution in [2.75, 3.05) is 33.2 Å². The van der Waals surface area contributed by atoms with Crippen molar-refractivity contribution in [1.29, 1.82) is 0 Å². The molecule has 0 spiro atoms. The number of halogens is 1. The Bertz CT molecular complexity index is 847. The maximum atomic E-state index is 14.4. The average Bonchev–Trinajstić information content (AvgIpc) is 3.49. The van der Waals surface area contributed by atoms with Gasteiger partial charge in [-0.25, -0.2) is 19.7 Å². The van der Waals surface area contributed by atoms with Crippen LogP contribution in [-0.4, -0.2) is 60.1 Å². The molecule has 1 aromatic heterocycles. The standard InChI is InChI=1S/C17H22FN5O.C4H9N/c1-3-14-12-5-4-6-13(18)15(12)23(20-14)17-19-16(24-21-17)11-7-9-22(2)10-8-11;1-2-4-5-3-1/h4-6,11,16H,3,7-10H2,1-2H3,(H,19,21);5H,1-4H2. The molecule has 1 aromatic carbocycles. The molecule has 1 atom stereocenters. The van der Waals surface area contributed by atoms with Gasteiger partial charge in [-0.15, -0.1) is 0 Å². The minimum absolute atomic E-state index is 0.232. The number of rotatable bonds is 2. The van der Waals surface area contributed by atoms with Gasteiger partial charge in [0.1, 0.15) is 11.3 Å². The van der Waals surface area contributed by atoms with E-state index in [0.717, 1.165) is 43.4 Å². The summed E-state index contributed by atoms with van der Waals surface area (Å²) in [7, 11) is 2.13. The minimum Gasteiger partial charge on any atom is -0.317 e. The fraction of sp³-hybridized carbons (Fsp3) is 0.619. The highest BCUT2D eigenvalue weighted by Gasteiger charge is 2.31. The Labute approximate surface area is 171 Å². The Morgan fingerprint density at radius 3 is 2.62 bits per heavy atom. The predicted octanol–water partition coefficient (Wildman–Crippen LogP) is 2.51. The molecule has 2 aromatic rings. The Hall–Kier alpha value is -2.03. The van der Waals surface area contributed by atoms with Crippen molar-refractivity contribution >= 4 is 16.9 Å². The molecule has 7 nitrogen and oxygen atoms in total.